The second-order valence-corrected chi connectivity index (χ2v) is 10.4. The number of hydrogen-bond acceptors (Lipinski definition) is 6. The largest absolute Gasteiger partial charge is 0.495 e. The van der Waals surface area contributed by atoms with Crippen molar-refractivity contribution in [3.63, 3.8) is 0 Å². The van der Waals surface area contributed by atoms with Gasteiger partial charge in [-0.3, -0.25) is 14.8 Å². The maximum Gasteiger partial charge on any atom is 0.142 e. The molecule has 3 aromatic rings. The van der Waals surface area contributed by atoms with Gasteiger partial charge in [-0.1, -0.05) is 6.07 Å². The predicted molar refractivity (Wildman–Crippen MR) is 147 cm³/mol. The summed E-state index contributed by atoms with van der Waals surface area (Å²) >= 11 is 0. The van der Waals surface area contributed by atoms with Crippen LogP contribution in [-0.2, 0) is 18.2 Å². The molecule has 2 fully saturated rings. The summed E-state index contributed by atoms with van der Waals surface area (Å²) in [5.74, 6) is 0.922. The monoisotopic (exact) mass is 491 g/mol. The maximum atomic E-state index is 5.91. The minimum Gasteiger partial charge on any atom is -0.495 e. The van der Waals surface area contributed by atoms with Crippen molar-refractivity contribution in [3.8, 4) is 17.0 Å². The molecule has 2 aromatic heterocycles. The van der Waals surface area contributed by atoms with Gasteiger partial charge in [0.1, 0.15) is 5.75 Å². The van der Waals surface area contributed by atoms with Gasteiger partial charge in [0.25, 0.3) is 0 Å². The van der Waals surface area contributed by atoms with Gasteiger partial charge in [0, 0.05) is 87.7 Å². The Morgan fingerprint density at radius 3 is 2.44 bits per heavy atom. The summed E-state index contributed by atoms with van der Waals surface area (Å²) in [5, 5.41) is 1.21. The number of pyridine rings is 1. The molecule has 2 saturated heterocycles. The van der Waals surface area contributed by atoms with Crippen molar-refractivity contribution in [2.45, 2.75) is 33.2 Å². The summed E-state index contributed by atoms with van der Waals surface area (Å²) in [6, 6.07) is 11.7. The quantitative estimate of drug-likeness (QED) is 0.499. The Morgan fingerprint density at radius 1 is 1.00 bits per heavy atom. The lowest BCUT2D eigenvalue weighted by Gasteiger charge is -2.38. The van der Waals surface area contributed by atoms with Crippen LogP contribution in [0.4, 0.5) is 5.69 Å². The standard InChI is InChI=1S/C29H41N5O2/c1-21(2)33-10-12-34(13-11-33)26-7-6-23(19-28(26)35-5)29-25-20-24(8-9-32-14-16-36-17-15-32)31(4)27(25)18-22(3)30-29/h6-7,18-21H,8-17H2,1-5H3. The molecular weight excluding hydrogens is 450 g/mol. The summed E-state index contributed by atoms with van der Waals surface area (Å²) in [7, 11) is 3.96. The average molecular weight is 492 g/mol. The second kappa shape index (κ2) is 10.8. The topological polar surface area (TPSA) is 46.0 Å². The number of ether oxygens (including phenoxy) is 2. The number of rotatable bonds is 7. The van der Waals surface area contributed by atoms with Crippen molar-refractivity contribution in [1.29, 1.82) is 0 Å². The van der Waals surface area contributed by atoms with E-state index in [0.717, 1.165) is 88.1 Å². The number of aryl methyl sites for hydroxylation is 2. The fraction of sp³-hybridized carbons (Fsp3) is 0.552. The maximum absolute atomic E-state index is 5.91. The smallest absolute Gasteiger partial charge is 0.142 e. The molecule has 0 aliphatic carbocycles. The molecule has 7 nitrogen and oxygen atoms in total. The lowest BCUT2D eigenvalue weighted by atomic mass is 10.0. The SMILES string of the molecule is COc1cc(-c2nc(C)cc3c2cc(CCN2CCOCC2)n3C)ccc1N1CCN(C(C)C)CC1. The molecule has 0 unspecified atom stereocenters. The van der Waals surface area contributed by atoms with E-state index in [1.165, 1.54) is 22.3 Å². The molecule has 0 N–H and O–H groups in total. The van der Waals surface area contributed by atoms with Crippen molar-refractivity contribution in [1.82, 2.24) is 19.4 Å². The molecule has 2 aliphatic heterocycles. The summed E-state index contributed by atoms with van der Waals surface area (Å²) in [5.41, 5.74) is 6.93. The first-order valence-electron chi connectivity index (χ1n) is 13.4. The van der Waals surface area contributed by atoms with Crippen molar-refractivity contribution >= 4 is 16.6 Å². The van der Waals surface area contributed by atoms with E-state index in [4.69, 9.17) is 14.5 Å². The fourth-order valence-electron chi connectivity index (χ4n) is 5.63. The Balaban J connectivity index is 1.43. The minimum absolute atomic E-state index is 0.593. The lowest BCUT2D eigenvalue weighted by molar-refractivity contribution is 0.0383. The van der Waals surface area contributed by atoms with Crippen LogP contribution in [-0.4, -0.2) is 91.5 Å². The first-order chi connectivity index (χ1) is 17.4. The molecule has 0 atom stereocenters. The predicted octanol–water partition coefficient (Wildman–Crippen LogP) is 3.96. The first-order valence-corrected chi connectivity index (χ1v) is 13.4. The van der Waals surface area contributed by atoms with Crippen LogP contribution in [0, 0.1) is 6.92 Å². The van der Waals surface area contributed by atoms with Crippen LogP contribution < -0.4 is 9.64 Å². The lowest BCUT2D eigenvalue weighted by Crippen LogP contribution is -2.49. The normalized spacial score (nSPS) is 17.9. The molecule has 36 heavy (non-hydrogen) atoms. The molecule has 5 rings (SSSR count). The van der Waals surface area contributed by atoms with Crippen molar-refractivity contribution in [2.24, 2.45) is 7.05 Å². The molecule has 7 heteroatoms. The highest BCUT2D eigenvalue weighted by Crippen LogP contribution is 2.36. The highest BCUT2D eigenvalue weighted by atomic mass is 16.5. The van der Waals surface area contributed by atoms with E-state index in [0.29, 0.717) is 6.04 Å². The highest BCUT2D eigenvalue weighted by molar-refractivity contribution is 5.95. The van der Waals surface area contributed by atoms with E-state index in [1.807, 2.05) is 0 Å². The van der Waals surface area contributed by atoms with E-state index < -0.39 is 0 Å². The van der Waals surface area contributed by atoms with Gasteiger partial charge in [0.2, 0.25) is 0 Å². The minimum atomic E-state index is 0.593. The Kier molecular flexibility index (Phi) is 7.51. The van der Waals surface area contributed by atoms with Crippen LogP contribution in [0.2, 0.25) is 0 Å². The van der Waals surface area contributed by atoms with Crippen LogP contribution in [0.5, 0.6) is 5.75 Å². The van der Waals surface area contributed by atoms with Crippen LogP contribution in [0.3, 0.4) is 0 Å². The molecule has 194 valence electrons. The molecule has 0 radical (unpaired) electrons. The van der Waals surface area contributed by atoms with Gasteiger partial charge < -0.3 is 18.9 Å². The van der Waals surface area contributed by atoms with Crippen LogP contribution in [0.15, 0.2) is 30.3 Å². The number of hydrogen-bond donors (Lipinski definition) is 0. The molecule has 0 amide bonds. The van der Waals surface area contributed by atoms with Crippen molar-refractivity contribution in [3.05, 3.63) is 41.7 Å². The van der Waals surface area contributed by atoms with Gasteiger partial charge in [-0.2, -0.15) is 0 Å². The van der Waals surface area contributed by atoms with Gasteiger partial charge in [-0.15, -0.1) is 0 Å². The van der Waals surface area contributed by atoms with Crippen LogP contribution in [0.25, 0.3) is 22.2 Å². The summed E-state index contributed by atoms with van der Waals surface area (Å²) in [6.45, 7) is 15.6. The third-order valence-corrected chi connectivity index (χ3v) is 7.89. The molecule has 4 heterocycles. The molecular formula is C29H41N5O2. The second-order valence-electron chi connectivity index (χ2n) is 10.4. The number of aromatic nitrogens is 2. The van der Waals surface area contributed by atoms with Gasteiger partial charge >= 0.3 is 0 Å². The number of fused-ring (bicyclic) bond motifs is 1. The number of methoxy groups -OCH3 is 1. The van der Waals surface area contributed by atoms with E-state index in [9.17, 15) is 0 Å². The third-order valence-electron chi connectivity index (χ3n) is 7.89. The van der Waals surface area contributed by atoms with Crippen molar-refractivity contribution in [2.75, 3.05) is 71.0 Å². The van der Waals surface area contributed by atoms with E-state index in [2.05, 4.69) is 77.4 Å². The Bertz CT molecular complexity index is 1190. The van der Waals surface area contributed by atoms with E-state index in [1.54, 1.807) is 7.11 Å². The molecule has 2 aliphatic rings. The van der Waals surface area contributed by atoms with Gasteiger partial charge in [0.05, 0.1) is 37.2 Å². The van der Waals surface area contributed by atoms with Crippen molar-refractivity contribution < 1.29 is 9.47 Å². The Morgan fingerprint density at radius 2 is 1.75 bits per heavy atom. The number of nitrogens with zero attached hydrogens (tertiary/aromatic N) is 5. The highest BCUT2D eigenvalue weighted by Gasteiger charge is 2.22. The summed E-state index contributed by atoms with van der Waals surface area (Å²) < 4.78 is 13.8. The van der Waals surface area contributed by atoms with Crippen LogP contribution >= 0.6 is 0 Å². The Labute approximate surface area is 215 Å². The Hall–Kier alpha value is -2.61. The van der Waals surface area contributed by atoms with Gasteiger partial charge in [0.15, 0.2) is 0 Å². The average Bonchev–Trinajstić information content (AvgIpc) is 3.22. The number of piperazine rings is 1. The zero-order chi connectivity index (χ0) is 25.2. The number of morpholine rings is 1. The molecule has 0 bridgehead atoms. The fourth-order valence-corrected chi connectivity index (χ4v) is 5.63. The summed E-state index contributed by atoms with van der Waals surface area (Å²) in [4.78, 5) is 12.5. The molecule has 1 aromatic carbocycles. The van der Waals surface area contributed by atoms with E-state index >= 15 is 0 Å². The van der Waals surface area contributed by atoms with Crippen LogP contribution in [0.1, 0.15) is 25.2 Å². The van der Waals surface area contributed by atoms with Gasteiger partial charge in [-0.25, -0.2) is 0 Å². The number of anilines is 1. The molecule has 0 saturated carbocycles. The van der Waals surface area contributed by atoms with Gasteiger partial charge in [-0.05, 0) is 45.0 Å². The zero-order valence-corrected chi connectivity index (χ0v) is 22.6. The summed E-state index contributed by atoms with van der Waals surface area (Å²) in [6.07, 6.45) is 1.02. The molecule has 0 spiro atoms. The third kappa shape index (κ3) is 5.10. The number of benzene rings is 1. The first kappa shape index (κ1) is 25.1. The zero-order valence-electron chi connectivity index (χ0n) is 22.6. The van der Waals surface area contributed by atoms with E-state index in [-0.39, 0.29) is 0 Å².